The summed E-state index contributed by atoms with van der Waals surface area (Å²) >= 11 is 0. The van der Waals surface area contributed by atoms with Crippen molar-refractivity contribution < 1.29 is 12.9 Å². The molecule has 0 atom stereocenters. The Balaban J connectivity index is 2.46. The first-order valence-corrected chi connectivity index (χ1v) is 9.34. The number of nitrogens with zero attached hydrogens (tertiary/aromatic N) is 2. The quantitative estimate of drug-likeness (QED) is 0.602. The lowest BCUT2D eigenvalue weighted by molar-refractivity contribution is 0.372. The molecular formula is C15H28N4O3S. The molecule has 0 bridgehead atoms. The van der Waals surface area contributed by atoms with Crippen LogP contribution in [0.1, 0.15) is 52.0 Å². The number of hydrogen-bond acceptors (Lipinski definition) is 5. The van der Waals surface area contributed by atoms with E-state index in [0.717, 1.165) is 5.69 Å². The van der Waals surface area contributed by atoms with E-state index >= 15 is 0 Å². The van der Waals surface area contributed by atoms with Crippen molar-refractivity contribution in [2.75, 3.05) is 19.3 Å². The van der Waals surface area contributed by atoms with Gasteiger partial charge in [-0.3, -0.25) is 4.99 Å². The third-order valence-electron chi connectivity index (χ3n) is 3.42. The predicted molar refractivity (Wildman–Crippen MR) is 92.3 cm³/mol. The Hall–Kier alpha value is -1.57. The summed E-state index contributed by atoms with van der Waals surface area (Å²) in [6, 6.07) is 1.90. The van der Waals surface area contributed by atoms with Crippen LogP contribution < -0.4 is 10.6 Å². The number of aromatic nitrogens is 1. The lowest BCUT2D eigenvalue weighted by Gasteiger charge is -2.19. The van der Waals surface area contributed by atoms with Crippen LogP contribution in [-0.4, -0.2) is 43.6 Å². The van der Waals surface area contributed by atoms with Gasteiger partial charge in [0, 0.05) is 19.7 Å². The summed E-state index contributed by atoms with van der Waals surface area (Å²) in [4.78, 5) is 4.06. The van der Waals surface area contributed by atoms with E-state index in [1.54, 1.807) is 27.8 Å². The molecule has 0 radical (unpaired) electrons. The van der Waals surface area contributed by atoms with Crippen LogP contribution in [0.3, 0.4) is 0 Å². The van der Waals surface area contributed by atoms with Crippen molar-refractivity contribution >= 4 is 15.8 Å². The maximum absolute atomic E-state index is 12.0. The van der Waals surface area contributed by atoms with E-state index in [1.807, 2.05) is 19.9 Å². The topological polar surface area (TPSA) is 96.6 Å². The first-order valence-electron chi connectivity index (χ1n) is 7.69. The monoisotopic (exact) mass is 344 g/mol. The van der Waals surface area contributed by atoms with E-state index in [0.29, 0.717) is 30.7 Å². The van der Waals surface area contributed by atoms with Crippen LogP contribution in [0.4, 0.5) is 0 Å². The summed E-state index contributed by atoms with van der Waals surface area (Å²) in [6.45, 7) is 9.93. The summed E-state index contributed by atoms with van der Waals surface area (Å²) in [5.41, 5.74) is 0.904. The SMILES string of the molecule is CN=C(NCCS(=O)(=O)C(C)(C)C)NCc1cc(C(C)C)no1. The molecular weight excluding hydrogens is 316 g/mol. The molecule has 0 saturated heterocycles. The highest BCUT2D eigenvalue weighted by molar-refractivity contribution is 7.92. The molecule has 2 N–H and O–H groups in total. The second-order valence-corrected chi connectivity index (χ2v) is 9.52. The molecule has 0 aromatic carbocycles. The molecule has 1 rings (SSSR count). The Labute approximate surface area is 138 Å². The Kier molecular flexibility index (Phi) is 6.61. The molecule has 1 aromatic rings. The van der Waals surface area contributed by atoms with Gasteiger partial charge in [0.15, 0.2) is 21.6 Å². The number of nitrogens with one attached hydrogen (secondary N) is 2. The molecule has 1 aromatic heterocycles. The van der Waals surface area contributed by atoms with Crippen LogP contribution in [0, 0.1) is 0 Å². The molecule has 0 aliphatic rings. The van der Waals surface area contributed by atoms with E-state index in [2.05, 4.69) is 20.8 Å². The van der Waals surface area contributed by atoms with Crippen LogP contribution in [0.25, 0.3) is 0 Å². The third-order valence-corrected chi connectivity index (χ3v) is 6.03. The van der Waals surface area contributed by atoms with Crippen LogP contribution in [-0.2, 0) is 16.4 Å². The highest BCUT2D eigenvalue weighted by Gasteiger charge is 2.28. The van der Waals surface area contributed by atoms with Crippen LogP contribution in [0.5, 0.6) is 0 Å². The lowest BCUT2D eigenvalue weighted by Crippen LogP contribution is -2.41. The zero-order valence-electron chi connectivity index (χ0n) is 14.8. The maximum atomic E-state index is 12.0. The summed E-state index contributed by atoms with van der Waals surface area (Å²) in [5.74, 6) is 1.60. The fourth-order valence-corrected chi connectivity index (χ4v) is 2.67. The average Bonchev–Trinajstić information content (AvgIpc) is 2.90. The van der Waals surface area contributed by atoms with Crippen LogP contribution in [0.15, 0.2) is 15.6 Å². The zero-order chi connectivity index (χ0) is 17.7. The molecule has 8 heteroatoms. The maximum Gasteiger partial charge on any atom is 0.191 e. The molecule has 7 nitrogen and oxygen atoms in total. The van der Waals surface area contributed by atoms with Crippen molar-refractivity contribution in [3.63, 3.8) is 0 Å². The Bertz CT molecular complexity index is 627. The van der Waals surface area contributed by atoms with Crippen molar-refractivity contribution in [3.05, 3.63) is 17.5 Å². The van der Waals surface area contributed by atoms with Crippen molar-refractivity contribution in [2.45, 2.75) is 51.8 Å². The normalized spacial score (nSPS) is 13.4. The Morgan fingerprint density at radius 3 is 2.48 bits per heavy atom. The van der Waals surface area contributed by atoms with Gasteiger partial charge in [-0.15, -0.1) is 0 Å². The van der Waals surface area contributed by atoms with Gasteiger partial charge < -0.3 is 15.2 Å². The van der Waals surface area contributed by atoms with Gasteiger partial charge in [-0.25, -0.2) is 8.42 Å². The van der Waals surface area contributed by atoms with Gasteiger partial charge in [0.1, 0.15) is 0 Å². The van der Waals surface area contributed by atoms with Gasteiger partial charge in [-0.1, -0.05) is 19.0 Å². The third kappa shape index (κ3) is 5.85. The van der Waals surface area contributed by atoms with Crippen molar-refractivity contribution in [1.29, 1.82) is 0 Å². The second-order valence-electron chi connectivity index (χ2n) is 6.66. The molecule has 0 unspecified atom stereocenters. The number of aliphatic imine (C=N–C) groups is 1. The van der Waals surface area contributed by atoms with Crippen LogP contribution >= 0.6 is 0 Å². The van der Waals surface area contributed by atoms with Crippen LogP contribution in [0.2, 0.25) is 0 Å². The first-order chi connectivity index (χ1) is 10.6. The minimum atomic E-state index is -3.15. The molecule has 0 aliphatic heterocycles. The van der Waals surface area contributed by atoms with Gasteiger partial charge in [0.2, 0.25) is 0 Å². The van der Waals surface area contributed by atoms with Crippen molar-refractivity contribution in [3.8, 4) is 0 Å². The average molecular weight is 344 g/mol. The first kappa shape index (κ1) is 19.5. The molecule has 0 fully saturated rings. The van der Waals surface area contributed by atoms with E-state index in [4.69, 9.17) is 4.52 Å². The fraction of sp³-hybridized carbons (Fsp3) is 0.733. The van der Waals surface area contributed by atoms with Gasteiger partial charge in [-0.05, 0) is 26.7 Å². The summed E-state index contributed by atoms with van der Waals surface area (Å²) in [7, 11) is -1.52. The highest BCUT2D eigenvalue weighted by Crippen LogP contribution is 2.15. The van der Waals surface area contributed by atoms with Gasteiger partial charge >= 0.3 is 0 Å². The van der Waals surface area contributed by atoms with Gasteiger partial charge in [0.05, 0.1) is 22.7 Å². The molecule has 23 heavy (non-hydrogen) atoms. The van der Waals surface area contributed by atoms with E-state index in [9.17, 15) is 8.42 Å². The number of hydrogen-bond donors (Lipinski definition) is 2. The summed E-state index contributed by atoms with van der Waals surface area (Å²) in [5, 5.41) is 10.1. The largest absolute Gasteiger partial charge is 0.359 e. The zero-order valence-corrected chi connectivity index (χ0v) is 15.6. The molecule has 132 valence electrons. The smallest absolute Gasteiger partial charge is 0.191 e. The van der Waals surface area contributed by atoms with E-state index in [1.165, 1.54) is 0 Å². The fourth-order valence-electron chi connectivity index (χ4n) is 1.69. The second kappa shape index (κ2) is 7.81. The molecule has 0 spiro atoms. The predicted octanol–water partition coefficient (Wildman–Crippen LogP) is 1.68. The summed E-state index contributed by atoms with van der Waals surface area (Å²) < 4.78 is 28.6. The summed E-state index contributed by atoms with van der Waals surface area (Å²) in [6.07, 6.45) is 0. The lowest BCUT2D eigenvalue weighted by atomic mass is 10.1. The number of guanidine groups is 1. The van der Waals surface area contributed by atoms with Crippen molar-refractivity contribution in [2.24, 2.45) is 4.99 Å². The van der Waals surface area contributed by atoms with Gasteiger partial charge in [0.25, 0.3) is 0 Å². The number of sulfone groups is 1. The molecule has 0 saturated carbocycles. The van der Waals surface area contributed by atoms with E-state index in [-0.39, 0.29) is 5.75 Å². The minimum Gasteiger partial charge on any atom is -0.359 e. The molecule has 1 heterocycles. The highest BCUT2D eigenvalue weighted by atomic mass is 32.2. The Morgan fingerprint density at radius 2 is 2.00 bits per heavy atom. The standard InChI is InChI=1S/C15H28N4O3S/c1-11(2)13-9-12(22-19-13)10-18-14(16-6)17-7-8-23(20,21)15(3,4)5/h9,11H,7-8,10H2,1-6H3,(H2,16,17,18). The van der Waals surface area contributed by atoms with E-state index < -0.39 is 14.6 Å². The molecule has 0 amide bonds. The molecule has 0 aliphatic carbocycles. The minimum absolute atomic E-state index is 0.0526. The Morgan fingerprint density at radius 1 is 1.35 bits per heavy atom. The van der Waals surface area contributed by atoms with Gasteiger partial charge in [-0.2, -0.15) is 0 Å². The number of rotatable bonds is 6. The van der Waals surface area contributed by atoms with Crippen molar-refractivity contribution in [1.82, 2.24) is 15.8 Å².